The Labute approximate surface area is 140 Å². The molecule has 2 atom stereocenters. The molecule has 1 fully saturated rings. The lowest BCUT2D eigenvalue weighted by atomic mass is 9.92. The first kappa shape index (κ1) is 16.0. The highest BCUT2D eigenvalue weighted by Crippen LogP contribution is 2.27. The van der Waals surface area contributed by atoms with E-state index in [0.29, 0.717) is 28.3 Å². The predicted molar refractivity (Wildman–Crippen MR) is 86.8 cm³/mol. The van der Waals surface area contributed by atoms with Gasteiger partial charge in [0.2, 0.25) is 0 Å². The van der Waals surface area contributed by atoms with Gasteiger partial charge in [-0.05, 0) is 37.0 Å². The number of aliphatic carboxylic acids is 1. The molecule has 1 aromatic heterocycles. The van der Waals surface area contributed by atoms with Crippen LogP contribution < -0.4 is 0 Å². The Balaban J connectivity index is 1.96. The maximum atomic E-state index is 14.0. The van der Waals surface area contributed by atoms with Crippen molar-refractivity contribution >= 4 is 38.7 Å². The van der Waals surface area contributed by atoms with E-state index in [1.807, 2.05) is 6.92 Å². The standard InChI is InChI=1S/C16H16BrFN2O3/c1-8-2-3-20(14(4-8)16(22)23)15(21)13-7-10-11(18)5-9(17)6-12(10)19-13/h5-8,14,19H,2-4H2,1H3,(H,22,23). The minimum atomic E-state index is -1.00. The van der Waals surface area contributed by atoms with Crippen molar-refractivity contribution in [3.05, 3.63) is 34.2 Å². The summed E-state index contributed by atoms with van der Waals surface area (Å²) in [5, 5.41) is 9.69. The van der Waals surface area contributed by atoms with Crippen molar-refractivity contribution in [2.75, 3.05) is 6.54 Å². The lowest BCUT2D eigenvalue weighted by molar-refractivity contribution is -0.144. The van der Waals surface area contributed by atoms with E-state index in [4.69, 9.17) is 0 Å². The van der Waals surface area contributed by atoms with Crippen LogP contribution in [-0.4, -0.2) is 39.5 Å². The summed E-state index contributed by atoms with van der Waals surface area (Å²) in [5.74, 6) is -1.59. The maximum Gasteiger partial charge on any atom is 0.326 e. The fraction of sp³-hybridized carbons (Fsp3) is 0.375. The number of carboxylic acids is 1. The molecule has 0 radical (unpaired) electrons. The van der Waals surface area contributed by atoms with Crippen LogP contribution in [0.15, 0.2) is 22.7 Å². The number of aromatic nitrogens is 1. The van der Waals surface area contributed by atoms with Crippen LogP contribution in [0.3, 0.4) is 0 Å². The van der Waals surface area contributed by atoms with Gasteiger partial charge in [0.1, 0.15) is 17.6 Å². The number of benzene rings is 1. The zero-order valence-electron chi connectivity index (χ0n) is 12.5. The van der Waals surface area contributed by atoms with Crippen molar-refractivity contribution in [1.82, 2.24) is 9.88 Å². The van der Waals surface area contributed by atoms with Gasteiger partial charge in [0.15, 0.2) is 0 Å². The Morgan fingerprint density at radius 3 is 2.83 bits per heavy atom. The first-order valence-corrected chi connectivity index (χ1v) is 8.17. The van der Waals surface area contributed by atoms with E-state index in [2.05, 4.69) is 20.9 Å². The van der Waals surface area contributed by atoms with E-state index in [-0.39, 0.29) is 11.6 Å². The minimum absolute atomic E-state index is 0.206. The number of fused-ring (bicyclic) bond motifs is 1. The third-order valence-electron chi connectivity index (χ3n) is 4.29. The molecule has 1 amide bonds. The monoisotopic (exact) mass is 382 g/mol. The third-order valence-corrected chi connectivity index (χ3v) is 4.75. The molecule has 3 rings (SSSR count). The van der Waals surface area contributed by atoms with Crippen LogP contribution in [0.25, 0.3) is 10.9 Å². The second-order valence-electron chi connectivity index (χ2n) is 6.01. The van der Waals surface area contributed by atoms with Crippen LogP contribution in [0, 0.1) is 11.7 Å². The molecular weight excluding hydrogens is 367 g/mol. The van der Waals surface area contributed by atoms with E-state index in [1.54, 1.807) is 6.07 Å². The van der Waals surface area contributed by atoms with Gasteiger partial charge in [-0.1, -0.05) is 22.9 Å². The number of hydrogen-bond donors (Lipinski definition) is 2. The topological polar surface area (TPSA) is 73.4 Å². The van der Waals surface area contributed by atoms with Gasteiger partial charge in [0.25, 0.3) is 5.91 Å². The van der Waals surface area contributed by atoms with Crippen molar-refractivity contribution in [3.8, 4) is 0 Å². The second-order valence-corrected chi connectivity index (χ2v) is 6.93. The quantitative estimate of drug-likeness (QED) is 0.835. The lowest BCUT2D eigenvalue weighted by Crippen LogP contribution is -2.49. The summed E-state index contributed by atoms with van der Waals surface area (Å²) in [6.45, 7) is 2.37. The average molecular weight is 383 g/mol. The molecule has 2 N–H and O–H groups in total. The van der Waals surface area contributed by atoms with Gasteiger partial charge in [-0.2, -0.15) is 0 Å². The molecule has 0 saturated carbocycles. The van der Waals surface area contributed by atoms with Gasteiger partial charge in [-0.25, -0.2) is 9.18 Å². The molecule has 2 heterocycles. The molecule has 0 spiro atoms. The van der Waals surface area contributed by atoms with E-state index in [1.165, 1.54) is 17.0 Å². The molecule has 1 aliphatic heterocycles. The van der Waals surface area contributed by atoms with Crippen molar-refractivity contribution in [2.45, 2.75) is 25.8 Å². The second kappa shape index (κ2) is 5.96. The molecule has 7 heteroatoms. The maximum absolute atomic E-state index is 14.0. The number of rotatable bonds is 2. The fourth-order valence-corrected chi connectivity index (χ4v) is 3.48. The minimum Gasteiger partial charge on any atom is -0.480 e. The van der Waals surface area contributed by atoms with Crippen molar-refractivity contribution in [3.63, 3.8) is 0 Å². The van der Waals surface area contributed by atoms with Crippen molar-refractivity contribution in [1.29, 1.82) is 0 Å². The number of carbonyl (C=O) groups excluding carboxylic acids is 1. The largest absolute Gasteiger partial charge is 0.480 e. The predicted octanol–water partition coefficient (Wildman–Crippen LogP) is 3.39. The molecular formula is C16H16BrFN2O3. The van der Waals surface area contributed by atoms with Crippen LogP contribution >= 0.6 is 15.9 Å². The Kier molecular flexibility index (Phi) is 4.14. The Hall–Kier alpha value is -1.89. The molecule has 1 aromatic carbocycles. The third kappa shape index (κ3) is 2.97. The normalized spacial score (nSPS) is 21.6. The molecule has 23 heavy (non-hydrogen) atoms. The molecule has 2 aromatic rings. The van der Waals surface area contributed by atoms with Crippen molar-refractivity contribution in [2.24, 2.45) is 5.92 Å². The number of piperidine rings is 1. The zero-order valence-corrected chi connectivity index (χ0v) is 14.1. The van der Waals surface area contributed by atoms with Crippen LogP contribution in [0.2, 0.25) is 0 Å². The van der Waals surface area contributed by atoms with Crippen LogP contribution in [0.4, 0.5) is 4.39 Å². The number of hydrogen-bond acceptors (Lipinski definition) is 2. The van der Waals surface area contributed by atoms with Crippen LogP contribution in [0.1, 0.15) is 30.3 Å². The van der Waals surface area contributed by atoms with Crippen LogP contribution in [0.5, 0.6) is 0 Å². The van der Waals surface area contributed by atoms with E-state index in [9.17, 15) is 19.1 Å². The van der Waals surface area contributed by atoms with Crippen molar-refractivity contribution < 1.29 is 19.1 Å². The SMILES string of the molecule is CC1CCN(C(=O)c2cc3c(F)cc(Br)cc3[nH]2)C(C(=O)O)C1. The number of amides is 1. The summed E-state index contributed by atoms with van der Waals surface area (Å²) in [4.78, 5) is 28.4. The summed E-state index contributed by atoms with van der Waals surface area (Å²) in [6.07, 6.45) is 1.19. The molecule has 122 valence electrons. The van der Waals surface area contributed by atoms with Gasteiger partial charge >= 0.3 is 5.97 Å². The number of carbonyl (C=O) groups is 2. The van der Waals surface area contributed by atoms with E-state index >= 15 is 0 Å². The average Bonchev–Trinajstić information content (AvgIpc) is 2.90. The number of nitrogens with one attached hydrogen (secondary N) is 1. The smallest absolute Gasteiger partial charge is 0.326 e. The molecule has 1 aliphatic rings. The lowest BCUT2D eigenvalue weighted by Gasteiger charge is -2.35. The highest BCUT2D eigenvalue weighted by Gasteiger charge is 2.35. The number of aromatic amines is 1. The highest BCUT2D eigenvalue weighted by atomic mass is 79.9. The summed E-state index contributed by atoms with van der Waals surface area (Å²) >= 11 is 3.21. The number of likely N-dealkylation sites (tertiary alicyclic amines) is 1. The summed E-state index contributed by atoms with van der Waals surface area (Å²) in [5.41, 5.74) is 0.704. The molecule has 0 bridgehead atoms. The molecule has 0 aliphatic carbocycles. The molecule has 1 saturated heterocycles. The van der Waals surface area contributed by atoms with E-state index in [0.717, 1.165) is 6.42 Å². The first-order chi connectivity index (χ1) is 10.9. The molecule has 2 unspecified atom stereocenters. The van der Waals surface area contributed by atoms with Gasteiger partial charge in [0.05, 0.1) is 5.52 Å². The summed E-state index contributed by atoms with van der Waals surface area (Å²) in [6, 6.07) is 3.61. The summed E-state index contributed by atoms with van der Waals surface area (Å²) in [7, 11) is 0. The van der Waals surface area contributed by atoms with Gasteiger partial charge in [-0.15, -0.1) is 0 Å². The van der Waals surface area contributed by atoms with Gasteiger partial charge in [-0.3, -0.25) is 4.79 Å². The van der Waals surface area contributed by atoms with E-state index < -0.39 is 23.7 Å². The zero-order chi connectivity index (χ0) is 16.7. The Bertz CT molecular complexity index is 789. The summed E-state index contributed by atoms with van der Waals surface area (Å²) < 4.78 is 14.5. The Morgan fingerprint density at radius 1 is 1.39 bits per heavy atom. The van der Waals surface area contributed by atoms with Crippen LogP contribution in [-0.2, 0) is 4.79 Å². The van der Waals surface area contributed by atoms with Gasteiger partial charge < -0.3 is 15.0 Å². The Morgan fingerprint density at radius 2 is 2.13 bits per heavy atom. The molecule has 5 nitrogen and oxygen atoms in total. The number of halogens is 2. The highest BCUT2D eigenvalue weighted by molar-refractivity contribution is 9.10. The first-order valence-electron chi connectivity index (χ1n) is 7.38. The fourth-order valence-electron chi connectivity index (χ4n) is 3.05. The number of carboxylic acid groups (broad SMARTS) is 1. The van der Waals surface area contributed by atoms with Gasteiger partial charge in [0, 0.05) is 16.4 Å². The number of H-pyrrole nitrogens is 1. The number of nitrogens with zero attached hydrogens (tertiary/aromatic N) is 1.